The average Bonchev–Trinajstić information content (AvgIpc) is 2.23. The average molecular weight is 253 g/mol. The molecule has 0 bridgehead atoms. The van der Waals surface area contributed by atoms with Crippen molar-refractivity contribution in [2.45, 2.75) is 38.7 Å². The zero-order chi connectivity index (χ0) is 13.3. The zero-order valence-electron chi connectivity index (χ0n) is 9.62. The standard InChI is InChI=1S/C10H17F2NO4/c1-2-3-7(10(15)16)13-9(14)4-5-17-6-8(11)12/h7-8H,2-6H2,1H3,(H,13,14)(H,15,16)/t7-/m1/s1. The molecule has 0 rings (SSSR count). The number of carbonyl (C=O) groups excluding carboxylic acids is 1. The number of rotatable bonds is 9. The Morgan fingerprint density at radius 2 is 2.06 bits per heavy atom. The zero-order valence-corrected chi connectivity index (χ0v) is 9.62. The highest BCUT2D eigenvalue weighted by atomic mass is 19.3. The van der Waals surface area contributed by atoms with Crippen molar-refractivity contribution >= 4 is 11.9 Å². The summed E-state index contributed by atoms with van der Waals surface area (Å²) < 4.78 is 27.9. The first-order valence-corrected chi connectivity index (χ1v) is 5.35. The van der Waals surface area contributed by atoms with Gasteiger partial charge in [-0.3, -0.25) is 4.79 Å². The summed E-state index contributed by atoms with van der Waals surface area (Å²) in [5, 5.41) is 11.1. The molecule has 0 aliphatic heterocycles. The van der Waals surface area contributed by atoms with Crippen molar-refractivity contribution in [3.05, 3.63) is 0 Å². The number of alkyl halides is 2. The molecule has 7 heteroatoms. The van der Waals surface area contributed by atoms with Crippen LogP contribution in [0.5, 0.6) is 0 Å². The molecule has 0 fully saturated rings. The molecule has 0 saturated heterocycles. The summed E-state index contributed by atoms with van der Waals surface area (Å²) in [5.41, 5.74) is 0. The highest BCUT2D eigenvalue weighted by molar-refractivity contribution is 5.83. The van der Waals surface area contributed by atoms with Crippen molar-refractivity contribution in [2.75, 3.05) is 13.2 Å². The molecule has 0 aromatic carbocycles. The fraction of sp³-hybridized carbons (Fsp3) is 0.800. The number of nitrogens with one attached hydrogen (secondary N) is 1. The fourth-order valence-electron chi connectivity index (χ4n) is 1.15. The van der Waals surface area contributed by atoms with E-state index in [-0.39, 0.29) is 13.0 Å². The van der Waals surface area contributed by atoms with Crippen molar-refractivity contribution in [2.24, 2.45) is 0 Å². The largest absolute Gasteiger partial charge is 0.480 e. The SMILES string of the molecule is CCC[C@@H](NC(=O)CCOCC(F)F)C(=O)O. The van der Waals surface area contributed by atoms with Crippen LogP contribution in [0.3, 0.4) is 0 Å². The summed E-state index contributed by atoms with van der Waals surface area (Å²) >= 11 is 0. The number of carboxylic acids is 1. The predicted octanol–water partition coefficient (Wildman–Crippen LogP) is 1.03. The summed E-state index contributed by atoms with van der Waals surface area (Å²) in [4.78, 5) is 21.9. The van der Waals surface area contributed by atoms with Gasteiger partial charge in [0.1, 0.15) is 12.6 Å². The van der Waals surface area contributed by atoms with E-state index in [1.54, 1.807) is 6.92 Å². The molecule has 0 aromatic rings. The maximum Gasteiger partial charge on any atom is 0.326 e. The Morgan fingerprint density at radius 1 is 1.41 bits per heavy atom. The highest BCUT2D eigenvalue weighted by Crippen LogP contribution is 1.98. The van der Waals surface area contributed by atoms with Gasteiger partial charge in [0, 0.05) is 6.42 Å². The number of hydrogen-bond acceptors (Lipinski definition) is 3. The van der Waals surface area contributed by atoms with E-state index in [1.807, 2.05) is 0 Å². The van der Waals surface area contributed by atoms with Crippen molar-refractivity contribution in [3.8, 4) is 0 Å². The molecule has 0 spiro atoms. The second kappa shape index (κ2) is 8.86. The molecule has 0 aliphatic carbocycles. The van der Waals surface area contributed by atoms with E-state index in [0.717, 1.165) is 0 Å². The lowest BCUT2D eigenvalue weighted by Crippen LogP contribution is -2.41. The van der Waals surface area contributed by atoms with Crippen LogP contribution in [0.25, 0.3) is 0 Å². The van der Waals surface area contributed by atoms with Crippen LogP contribution in [0.1, 0.15) is 26.2 Å². The first kappa shape index (κ1) is 15.8. The minimum absolute atomic E-state index is 0.125. The molecule has 0 unspecified atom stereocenters. The van der Waals surface area contributed by atoms with E-state index in [1.165, 1.54) is 0 Å². The van der Waals surface area contributed by atoms with Gasteiger partial charge in [-0.1, -0.05) is 13.3 Å². The molecule has 0 aliphatic rings. The molecule has 100 valence electrons. The first-order valence-electron chi connectivity index (χ1n) is 5.35. The lowest BCUT2D eigenvalue weighted by Gasteiger charge is -2.13. The number of amides is 1. The van der Waals surface area contributed by atoms with Gasteiger partial charge in [-0.2, -0.15) is 0 Å². The molecule has 0 radical (unpaired) electrons. The summed E-state index contributed by atoms with van der Waals surface area (Å²) in [6.07, 6.45) is -1.73. The first-order chi connectivity index (χ1) is 7.97. The minimum Gasteiger partial charge on any atom is -0.480 e. The van der Waals surface area contributed by atoms with Crippen molar-refractivity contribution < 1.29 is 28.2 Å². The minimum atomic E-state index is -2.56. The van der Waals surface area contributed by atoms with Gasteiger partial charge in [-0.15, -0.1) is 0 Å². The number of aliphatic carboxylic acids is 1. The molecular weight excluding hydrogens is 236 g/mol. The van der Waals surface area contributed by atoms with Crippen LogP contribution in [-0.2, 0) is 14.3 Å². The van der Waals surface area contributed by atoms with Gasteiger partial charge < -0.3 is 15.2 Å². The number of hydrogen-bond donors (Lipinski definition) is 2. The topological polar surface area (TPSA) is 75.6 Å². The monoisotopic (exact) mass is 253 g/mol. The maximum absolute atomic E-state index is 11.7. The highest BCUT2D eigenvalue weighted by Gasteiger charge is 2.18. The van der Waals surface area contributed by atoms with Crippen LogP contribution < -0.4 is 5.32 Å². The van der Waals surface area contributed by atoms with Crippen LogP contribution in [0.2, 0.25) is 0 Å². The molecule has 1 amide bonds. The summed E-state index contributed by atoms with van der Waals surface area (Å²) in [5.74, 6) is -1.62. The molecule has 5 nitrogen and oxygen atoms in total. The quantitative estimate of drug-likeness (QED) is 0.602. The van der Waals surface area contributed by atoms with Gasteiger partial charge in [-0.25, -0.2) is 13.6 Å². The van der Waals surface area contributed by atoms with Crippen LogP contribution in [0.4, 0.5) is 8.78 Å². The molecular formula is C10H17F2NO4. The molecule has 0 saturated carbocycles. The van der Waals surface area contributed by atoms with Gasteiger partial charge in [0.05, 0.1) is 6.61 Å². The molecule has 0 aromatic heterocycles. The number of ether oxygens (including phenoxy) is 1. The Balaban J connectivity index is 3.78. The Kier molecular flexibility index (Phi) is 8.21. The third-order valence-electron chi connectivity index (χ3n) is 1.93. The number of halogens is 2. The van der Waals surface area contributed by atoms with Gasteiger partial charge in [-0.05, 0) is 6.42 Å². The van der Waals surface area contributed by atoms with Crippen molar-refractivity contribution in [3.63, 3.8) is 0 Å². The van der Waals surface area contributed by atoms with E-state index in [9.17, 15) is 18.4 Å². The van der Waals surface area contributed by atoms with Gasteiger partial charge in [0.15, 0.2) is 0 Å². The Labute approximate surface area is 98.1 Å². The fourth-order valence-corrected chi connectivity index (χ4v) is 1.15. The molecule has 2 N–H and O–H groups in total. The second-order valence-corrected chi connectivity index (χ2v) is 3.46. The Hall–Kier alpha value is -1.24. The van der Waals surface area contributed by atoms with E-state index >= 15 is 0 Å². The van der Waals surface area contributed by atoms with Crippen LogP contribution in [0, 0.1) is 0 Å². The van der Waals surface area contributed by atoms with E-state index in [4.69, 9.17) is 5.11 Å². The molecule has 0 heterocycles. The number of carbonyl (C=O) groups is 2. The van der Waals surface area contributed by atoms with E-state index < -0.39 is 31.0 Å². The van der Waals surface area contributed by atoms with Gasteiger partial charge >= 0.3 is 5.97 Å². The van der Waals surface area contributed by atoms with Gasteiger partial charge in [0.25, 0.3) is 6.43 Å². The molecule has 1 atom stereocenters. The van der Waals surface area contributed by atoms with Crippen LogP contribution >= 0.6 is 0 Å². The lowest BCUT2D eigenvalue weighted by atomic mass is 10.1. The Morgan fingerprint density at radius 3 is 2.53 bits per heavy atom. The van der Waals surface area contributed by atoms with E-state index in [0.29, 0.717) is 12.8 Å². The summed E-state index contributed by atoms with van der Waals surface area (Å²) in [6, 6.07) is -0.928. The lowest BCUT2D eigenvalue weighted by molar-refractivity contribution is -0.142. The van der Waals surface area contributed by atoms with Gasteiger partial charge in [0.2, 0.25) is 5.91 Å². The predicted molar refractivity (Wildman–Crippen MR) is 55.9 cm³/mol. The molecule has 17 heavy (non-hydrogen) atoms. The van der Waals surface area contributed by atoms with Crippen LogP contribution in [-0.4, -0.2) is 42.7 Å². The third kappa shape index (κ3) is 8.56. The van der Waals surface area contributed by atoms with Crippen LogP contribution in [0.15, 0.2) is 0 Å². The summed E-state index contributed by atoms with van der Waals surface area (Å²) in [7, 11) is 0. The smallest absolute Gasteiger partial charge is 0.326 e. The van der Waals surface area contributed by atoms with Crippen molar-refractivity contribution in [1.82, 2.24) is 5.32 Å². The number of carboxylic acid groups (broad SMARTS) is 1. The second-order valence-electron chi connectivity index (χ2n) is 3.46. The Bertz CT molecular complexity index is 248. The van der Waals surface area contributed by atoms with E-state index in [2.05, 4.69) is 10.1 Å². The maximum atomic E-state index is 11.7. The third-order valence-corrected chi connectivity index (χ3v) is 1.93. The van der Waals surface area contributed by atoms with Crippen molar-refractivity contribution in [1.29, 1.82) is 0 Å². The summed E-state index contributed by atoms with van der Waals surface area (Å²) in [6.45, 7) is 0.938. The normalized spacial score (nSPS) is 12.5.